The maximum absolute atomic E-state index is 11.8. The first-order valence-electron chi connectivity index (χ1n) is 5.93. The summed E-state index contributed by atoms with van der Waals surface area (Å²) in [6.07, 6.45) is 0. The molecule has 0 aliphatic carbocycles. The molecular weight excluding hydrogens is 279 g/mol. The summed E-state index contributed by atoms with van der Waals surface area (Å²) in [6, 6.07) is -1.13. The zero-order chi connectivity index (χ0) is 13.7. The van der Waals surface area contributed by atoms with Crippen LogP contribution in [0.3, 0.4) is 0 Å². The van der Waals surface area contributed by atoms with E-state index < -0.39 is 30.7 Å². The van der Waals surface area contributed by atoms with E-state index in [-0.39, 0.29) is 11.8 Å². The monoisotopic (exact) mass is 296 g/mol. The van der Waals surface area contributed by atoms with Crippen molar-refractivity contribution in [3.63, 3.8) is 0 Å². The molecule has 2 rings (SSSR count). The summed E-state index contributed by atoms with van der Waals surface area (Å²) in [4.78, 5) is 23.6. The minimum absolute atomic E-state index is 0.00338. The topological polar surface area (TPSA) is 76.7 Å². The van der Waals surface area contributed by atoms with Gasteiger partial charge in [0.15, 0.2) is 0 Å². The molecule has 18 heavy (non-hydrogen) atoms. The molecule has 6 nitrogen and oxygen atoms in total. The van der Waals surface area contributed by atoms with E-state index in [0.29, 0.717) is 0 Å². The molecule has 0 saturated carbocycles. The third kappa shape index (κ3) is 2.11. The number of nitrogens with one attached hydrogen (secondary N) is 2. The van der Waals surface area contributed by atoms with Gasteiger partial charge in [-0.3, -0.25) is 0 Å². The van der Waals surface area contributed by atoms with Crippen molar-refractivity contribution in [2.75, 3.05) is 0 Å². The van der Waals surface area contributed by atoms with E-state index in [1.807, 2.05) is 27.7 Å². The molecule has 2 N–H and O–H groups in total. The van der Waals surface area contributed by atoms with Crippen LogP contribution in [0.4, 0.5) is 0 Å². The summed E-state index contributed by atoms with van der Waals surface area (Å²) >= 11 is 6.35. The number of carbonyl (C=O) groups is 2. The van der Waals surface area contributed by atoms with Gasteiger partial charge in [-0.05, 0) is 0 Å². The Hall–Kier alpha value is -0.420. The van der Waals surface area contributed by atoms with Crippen LogP contribution in [-0.2, 0) is 18.6 Å². The molecule has 0 unspecified atom stereocenters. The van der Waals surface area contributed by atoms with Gasteiger partial charge in [-0.25, -0.2) is 0 Å². The molecule has 0 aromatic rings. The van der Waals surface area contributed by atoms with E-state index in [2.05, 4.69) is 10.2 Å². The third-order valence-corrected chi connectivity index (χ3v) is 6.51. The molecule has 2 heterocycles. The first kappa shape index (κ1) is 14.0. The van der Waals surface area contributed by atoms with Crippen molar-refractivity contribution in [1.82, 2.24) is 10.2 Å². The van der Waals surface area contributed by atoms with Gasteiger partial charge < -0.3 is 0 Å². The van der Waals surface area contributed by atoms with Gasteiger partial charge in [0, 0.05) is 0 Å². The molecule has 0 amide bonds. The molecule has 2 atom stereocenters. The zero-order valence-electron chi connectivity index (χ0n) is 10.8. The Labute approximate surface area is 111 Å². The first-order chi connectivity index (χ1) is 8.14. The van der Waals surface area contributed by atoms with Crippen molar-refractivity contribution >= 4 is 29.9 Å². The van der Waals surface area contributed by atoms with Crippen LogP contribution in [0.25, 0.3) is 0 Å². The van der Waals surface area contributed by atoms with Crippen LogP contribution in [0.2, 0.25) is 0 Å². The Morgan fingerprint density at radius 3 is 1.56 bits per heavy atom. The van der Waals surface area contributed by atoms with Crippen molar-refractivity contribution in [3.05, 3.63) is 0 Å². The number of halogens is 1. The summed E-state index contributed by atoms with van der Waals surface area (Å²) < 4.78 is 10.4. The summed E-state index contributed by atoms with van der Waals surface area (Å²) in [7, 11) is 0. The van der Waals surface area contributed by atoms with Crippen molar-refractivity contribution in [3.8, 4) is 0 Å². The fraction of sp³-hybridized carbons (Fsp3) is 0.800. The van der Waals surface area contributed by atoms with Crippen LogP contribution in [0.15, 0.2) is 0 Å². The quantitative estimate of drug-likeness (QED) is 0.755. The number of hydrogen-bond acceptors (Lipinski definition) is 6. The number of carbonyl (C=O) groups excluding carboxylic acids is 2. The van der Waals surface area contributed by atoms with Crippen molar-refractivity contribution in [2.24, 2.45) is 11.8 Å². The second-order valence-electron chi connectivity index (χ2n) is 5.38. The maximum atomic E-state index is 11.8. The molecule has 0 radical (unpaired) electrons. The fourth-order valence-electron chi connectivity index (χ4n) is 2.02. The third-order valence-electron chi connectivity index (χ3n) is 3.06. The molecule has 1 spiro atoms. The Morgan fingerprint density at radius 2 is 1.33 bits per heavy atom. The molecular formula is C10H18ClN2O4P. The van der Waals surface area contributed by atoms with E-state index in [0.717, 1.165) is 0 Å². The van der Waals surface area contributed by atoms with Gasteiger partial charge in [-0.1, -0.05) is 0 Å². The Bertz CT molecular complexity index is 379. The Morgan fingerprint density at radius 1 is 1.00 bits per heavy atom. The fourth-order valence-corrected chi connectivity index (χ4v) is 6.00. The Balaban J connectivity index is 2.28. The number of hydrogen-bond donors (Lipinski definition) is 2. The van der Waals surface area contributed by atoms with E-state index in [1.165, 1.54) is 0 Å². The summed E-state index contributed by atoms with van der Waals surface area (Å²) in [5.41, 5.74) is 0. The SMILES string of the molecule is CC(C)[C@@H]1NP2(Cl)(N[C@@H](C(C)C)C(=O)O2)OC1=O. The van der Waals surface area contributed by atoms with Gasteiger partial charge in [0.05, 0.1) is 0 Å². The van der Waals surface area contributed by atoms with Crippen LogP contribution in [-0.4, -0.2) is 24.0 Å². The molecule has 2 aliphatic heterocycles. The summed E-state index contributed by atoms with van der Waals surface area (Å²) in [5.74, 6) is -0.975. The summed E-state index contributed by atoms with van der Waals surface area (Å²) in [6.45, 7) is 3.40. The molecule has 104 valence electrons. The normalized spacial score (nSPS) is 35.6. The van der Waals surface area contributed by atoms with Crippen LogP contribution >= 0.6 is 18.0 Å². The van der Waals surface area contributed by atoms with Gasteiger partial charge in [0.2, 0.25) is 0 Å². The van der Waals surface area contributed by atoms with Gasteiger partial charge in [0.1, 0.15) is 0 Å². The minimum atomic E-state index is -4.06. The number of rotatable bonds is 2. The molecule has 8 heteroatoms. The van der Waals surface area contributed by atoms with E-state index in [4.69, 9.17) is 20.3 Å². The summed E-state index contributed by atoms with van der Waals surface area (Å²) in [5, 5.41) is 5.75. The van der Waals surface area contributed by atoms with Gasteiger partial charge in [-0.2, -0.15) is 0 Å². The van der Waals surface area contributed by atoms with Crippen LogP contribution < -0.4 is 10.2 Å². The van der Waals surface area contributed by atoms with Gasteiger partial charge in [-0.15, -0.1) is 0 Å². The van der Waals surface area contributed by atoms with Crippen molar-refractivity contribution < 1.29 is 18.6 Å². The zero-order valence-corrected chi connectivity index (χ0v) is 12.4. The van der Waals surface area contributed by atoms with Crippen molar-refractivity contribution in [2.45, 2.75) is 39.8 Å². The second kappa shape index (κ2) is 4.04. The average molecular weight is 297 g/mol. The molecule has 2 fully saturated rings. The molecule has 0 bridgehead atoms. The standard InChI is InChI=1S/C10H18ClN2O4P/c1-5(2)7-9(14)16-18(11,12-7)13-8(6(3)4)10(15)17-18/h5-8,12-13H,1-4H3/t7-,8-/m0/s1. The van der Waals surface area contributed by atoms with E-state index in [1.54, 1.807) is 0 Å². The van der Waals surface area contributed by atoms with Gasteiger partial charge in [0.25, 0.3) is 0 Å². The van der Waals surface area contributed by atoms with Gasteiger partial charge >= 0.3 is 110 Å². The van der Waals surface area contributed by atoms with Crippen molar-refractivity contribution in [1.29, 1.82) is 0 Å². The predicted octanol–water partition coefficient (Wildman–Crippen LogP) is 1.70. The van der Waals surface area contributed by atoms with E-state index >= 15 is 0 Å². The van der Waals surface area contributed by atoms with Crippen LogP contribution in [0.5, 0.6) is 0 Å². The average Bonchev–Trinajstić information content (AvgIpc) is 2.62. The van der Waals surface area contributed by atoms with E-state index in [9.17, 15) is 9.59 Å². The second-order valence-corrected chi connectivity index (χ2v) is 9.82. The van der Waals surface area contributed by atoms with Crippen LogP contribution in [0.1, 0.15) is 27.7 Å². The molecule has 2 aliphatic rings. The molecule has 0 aromatic heterocycles. The first-order valence-corrected chi connectivity index (χ1v) is 8.91. The Kier molecular flexibility index (Phi) is 3.14. The van der Waals surface area contributed by atoms with Crippen LogP contribution in [0, 0.1) is 11.8 Å². The molecule has 0 aromatic carbocycles. The molecule has 2 saturated heterocycles. The predicted molar refractivity (Wildman–Crippen MR) is 68.5 cm³/mol.